The van der Waals surface area contributed by atoms with Crippen LogP contribution in [0.5, 0.6) is 5.75 Å². The summed E-state index contributed by atoms with van der Waals surface area (Å²) in [5.74, 6) is 1.11. The highest BCUT2D eigenvalue weighted by Gasteiger charge is 2.12. The first kappa shape index (κ1) is 21.1. The molecular weight excluding hydrogens is 402 g/mol. The lowest BCUT2D eigenvalue weighted by molar-refractivity contribution is 0.111. The first-order chi connectivity index (χ1) is 14.2. The van der Waals surface area contributed by atoms with Gasteiger partial charge in [-0.2, -0.15) is 5.21 Å². The van der Waals surface area contributed by atoms with Gasteiger partial charge in [0.05, 0.1) is 11.3 Å². The zero-order valence-corrected chi connectivity index (χ0v) is 17.3. The number of nitrogens with one attached hydrogen (secondary N) is 1. The van der Waals surface area contributed by atoms with E-state index in [1.165, 1.54) is 0 Å². The first-order valence-electron chi connectivity index (χ1n) is 9.14. The standard InChI is InChI=1S/C22H19N5O2.ClH/c1-14-11-21(20(12-28)15(2)23-14)29-13-16-7-9-17(10-8-16)18-5-3-4-6-19(18)22-24-26-27-25-22;/h3-12H,13H2,1-2H3,(H,24,25,26,27);1H. The van der Waals surface area contributed by atoms with Crippen LogP contribution in [-0.4, -0.2) is 31.9 Å². The molecule has 0 aliphatic rings. The lowest BCUT2D eigenvalue weighted by atomic mass is 9.98. The molecule has 4 rings (SSSR count). The molecule has 7 nitrogen and oxygen atoms in total. The van der Waals surface area contributed by atoms with E-state index in [9.17, 15) is 4.79 Å². The molecule has 152 valence electrons. The van der Waals surface area contributed by atoms with Gasteiger partial charge >= 0.3 is 0 Å². The molecule has 2 aromatic carbocycles. The highest BCUT2D eigenvalue weighted by Crippen LogP contribution is 2.30. The van der Waals surface area contributed by atoms with Crippen molar-refractivity contribution in [3.63, 3.8) is 0 Å². The SMILES string of the molecule is Cc1cc(OCc2ccc(-c3ccccc3-c3nn[nH]n3)cc2)c(C=O)c(C)n1.Cl. The molecule has 4 aromatic rings. The fourth-order valence-electron chi connectivity index (χ4n) is 3.21. The topological polar surface area (TPSA) is 93.7 Å². The third-order valence-electron chi connectivity index (χ3n) is 4.63. The second kappa shape index (κ2) is 9.28. The van der Waals surface area contributed by atoms with Gasteiger partial charge in [-0.3, -0.25) is 9.78 Å². The number of rotatable bonds is 6. The van der Waals surface area contributed by atoms with E-state index in [1.807, 2.05) is 55.5 Å². The molecule has 0 saturated heterocycles. The van der Waals surface area contributed by atoms with Crippen LogP contribution in [0.15, 0.2) is 54.6 Å². The number of carbonyl (C=O) groups excluding carboxylic acids is 1. The summed E-state index contributed by atoms with van der Waals surface area (Å²) in [4.78, 5) is 15.7. The number of aromatic nitrogens is 5. The number of carbonyl (C=O) groups is 1. The van der Waals surface area contributed by atoms with Crippen molar-refractivity contribution in [2.75, 3.05) is 0 Å². The maximum Gasteiger partial charge on any atom is 0.205 e. The Kier molecular flexibility index (Phi) is 6.54. The van der Waals surface area contributed by atoms with E-state index >= 15 is 0 Å². The molecule has 0 fully saturated rings. The van der Waals surface area contributed by atoms with Gasteiger partial charge in [0, 0.05) is 17.3 Å². The van der Waals surface area contributed by atoms with Gasteiger partial charge in [-0.1, -0.05) is 48.5 Å². The van der Waals surface area contributed by atoms with Crippen molar-refractivity contribution in [2.24, 2.45) is 0 Å². The Morgan fingerprint density at radius 1 is 1.03 bits per heavy atom. The highest BCUT2D eigenvalue weighted by atomic mass is 35.5. The normalized spacial score (nSPS) is 10.3. The number of hydrogen-bond donors (Lipinski definition) is 1. The average molecular weight is 422 g/mol. The molecule has 0 unspecified atom stereocenters. The number of pyridine rings is 1. The summed E-state index contributed by atoms with van der Waals surface area (Å²) in [5, 5.41) is 14.3. The number of aryl methyl sites for hydroxylation is 2. The Labute approximate surface area is 179 Å². The van der Waals surface area contributed by atoms with Gasteiger partial charge in [-0.15, -0.1) is 22.6 Å². The molecule has 0 aliphatic carbocycles. The van der Waals surface area contributed by atoms with Crippen molar-refractivity contribution >= 4 is 18.7 Å². The number of ether oxygens (including phenoxy) is 1. The Morgan fingerprint density at radius 2 is 1.77 bits per heavy atom. The summed E-state index contributed by atoms with van der Waals surface area (Å²) in [6, 6.07) is 17.8. The number of halogens is 1. The van der Waals surface area contributed by atoms with E-state index in [4.69, 9.17) is 4.74 Å². The molecule has 0 aliphatic heterocycles. The molecule has 0 amide bonds. The predicted octanol–water partition coefficient (Wildman–Crippen LogP) is 4.36. The summed E-state index contributed by atoms with van der Waals surface area (Å²) in [6.07, 6.45) is 0.787. The summed E-state index contributed by atoms with van der Waals surface area (Å²) >= 11 is 0. The number of H-pyrrole nitrogens is 1. The van der Waals surface area contributed by atoms with Crippen LogP contribution in [0, 0.1) is 13.8 Å². The molecule has 8 heteroatoms. The van der Waals surface area contributed by atoms with Gasteiger partial charge in [0.2, 0.25) is 5.82 Å². The fraction of sp³-hybridized carbons (Fsp3) is 0.136. The van der Waals surface area contributed by atoms with E-state index in [0.29, 0.717) is 29.4 Å². The van der Waals surface area contributed by atoms with E-state index in [2.05, 4.69) is 25.6 Å². The average Bonchev–Trinajstić information content (AvgIpc) is 3.27. The maximum absolute atomic E-state index is 11.4. The monoisotopic (exact) mass is 421 g/mol. The molecule has 0 bridgehead atoms. The van der Waals surface area contributed by atoms with Gasteiger partial charge < -0.3 is 4.74 Å². The van der Waals surface area contributed by atoms with Crippen LogP contribution in [0.4, 0.5) is 0 Å². The minimum absolute atomic E-state index is 0. The van der Waals surface area contributed by atoms with Crippen LogP contribution < -0.4 is 4.74 Å². The van der Waals surface area contributed by atoms with Crippen molar-refractivity contribution in [1.82, 2.24) is 25.6 Å². The molecule has 30 heavy (non-hydrogen) atoms. The van der Waals surface area contributed by atoms with Crippen LogP contribution in [-0.2, 0) is 6.61 Å². The maximum atomic E-state index is 11.4. The number of nitrogens with zero attached hydrogens (tertiary/aromatic N) is 4. The smallest absolute Gasteiger partial charge is 0.205 e. The van der Waals surface area contributed by atoms with Crippen molar-refractivity contribution < 1.29 is 9.53 Å². The van der Waals surface area contributed by atoms with E-state index in [-0.39, 0.29) is 12.4 Å². The Hall–Kier alpha value is -3.58. The third-order valence-corrected chi connectivity index (χ3v) is 4.63. The van der Waals surface area contributed by atoms with Crippen molar-refractivity contribution in [3.8, 4) is 28.3 Å². The summed E-state index contributed by atoms with van der Waals surface area (Å²) in [5.41, 5.74) is 5.93. The number of tetrazole rings is 1. The van der Waals surface area contributed by atoms with Crippen LogP contribution in [0.1, 0.15) is 27.3 Å². The van der Waals surface area contributed by atoms with Crippen molar-refractivity contribution in [1.29, 1.82) is 0 Å². The van der Waals surface area contributed by atoms with Crippen LogP contribution in [0.25, 0.3) is 22.5 Å². The van der Waals surface area contributed by atoms with Gasteiger partial charge in [-0.25, -0.2) is 0 Å². The number of aldehydes is 1. The zero-order valence-electron chi connectivity index (χ0n) is 16.5. The molecule has 2 aromatic heterocycles. The number of aromatic amines is 1. The summed E-state index contributed by atoms with van der Waals surface area (Å²) < 4.78 is 5.90. The fourth-order valence-corrected chi connectivity index (χ4v) is 3.21. The zero-order chi connectivity index (χ0) is 20.2. The lowest BCUT2D eigenvalue weighted by Gasteiger charge is -2.12. The summed E-state index contributed by atoms with van der Waals surface area (Å²) in [7, 11) is 0. The molecule has 0 saturated carbocycles. The minimum Gasteiger partial charge on any atom is -0.488 e. The Morgan fingerprint density at radius 3 is 2.43 bits per heavy atom. The minimum atomic E-state index is 0. The van der Waals surface area contributed by atoms with Crippen molar-refractivity contribution in [3.05, 3.63) is 77.1 Å². The molecule has 0 spiro atoms. The van der Waals surface area contributed by atoms with Crippen LogP contribution in [0.2, 0.25) is 0 Å². The summed E-state index contributed by atoms with van der Waals surface area (Å²) in [6.45, 7) is 4.04. The third kappa shape index (κ3) is 4.36. The van der Waals surface area contributed by atoms with Gasteiger partial charge in [-0.05, 0) is 35.8 Å². The largest absolute Gasteiger partial charge is 0.488 e. The van der Waals surface area contributed by atoms with E-state index in [1.54, 1.807) is 13.0 Å². The van der Waals surface area contributed by atoms with E-state index in [0.717, 1.165) is 34.2 Å². The number of benzene rings is 2. The van der Waals surface area contributed by atoms with Crippen LogP contribution >= 0.6 is 12.4 Å². The molecular formula is C22H20ClN5O2. The molecule has 0 atom stereocenters. The number of hydrogen-bond acceptors (Lipinski definition) is 6. The van der Waals surface area contributed by atoms with Gasteiger partial charge in [0.25, 0.3) is 0 Å². The molecule has 1 N–H and O–H groups in total. The highest BCUT2D eigenvalue weighted by molar-refractivity contribution is 5.85. The molecule has 2 heterocycles. The second-order valence-corrected chi connectivity index (χ2v) is 6.65. The first-order valence-corrected chi connectivity index (χ1v) is 9.14. The van der Waals surface area contributed by atoms with Crippen LogP contribution in [0.3, 0.4) is 0 Å². The lowest BCUT2D eigenvalue weighted by Crippen LogP contribution is -2.02. The van der Waals surface area contributed by atoms with Crippen molar-refractivity contribution in [2.45, 2.75) is 20.5 Å². The quantitative estimate of drug-likeness (QED) is 0.465. The van der Waals surface area contributed by atoms with Gasteiger partial charge in [0.15, 0.2) is 6.29 Å². The Bertz CT molecular complexity index is 1140. The Balaban J connectivity index is 0.00000256. The molecule has 0 radical (unpaired) electrons. The van der Waals surface area contributed by atoms with Gasteiger partial charge in [0.1, 0.15) is 12.4 Å². The second-order valence-electron chi connectivity index (χ2n) is 6.65. The van der Waals surface area contributed by atoms with E-state index < -0.39 is 0 Å². The predicted molar refractivity (Wildman–Crippen MR) is 116 cm³/mol.